The predicted molar refractivity (Wildman–Crippen MR) is 104 cm³/mol. The van der Waals surface area contributed by atoms with Gasteiger partial charge in [0.25, 0.3) is 5.91 Å². The normalized spacial score (nSPS) is 19.4. The molecule has 27 heavy (non-hydrogen) atoms. The van der Waals surface area contributed by atoms with Gasteiger partial charge in [-0.1, -0.05) is 30.3 Å². The number of methoxy groups -OCH3 is 1. The average molecular weight is 368 g/mol. The predicted octanol–water partition coefficient (Wildman–Crippen LogP) is 1.78. The third kappa shape index (κ3) is 3.28. The minimum absolute atomic E-state index is 0.147. The van der Waals surface area contributed by atoms with E-state index in [9.17, 15) is 4.79 Å². The number of aromatic nitrogens is 2. The molecule has 2 aliphatic heterocycles. The first-order valence-electron chi connectivity index (χ1n) is 9.80. The van der Waals surface area contributed by atoms with Crippen molar-refractivity contribution >= 4 is 5.91 Å². The molecule has 0 aliphatic carbocycles. The number of rotatable bonds is 3. The molecule has 0 radical (unpaired) electrons. The standard InChI is InChI=1S/C21H28N4O2/c1-24-18-9-15-25(20(26)21(27-2)10-12-22-13-11-21)14-8-17(18)19(23-24)16-6-4-3-5-7-16/h3-7,22H,8-15H2,1-2H3. The van der Waals surface area contributed by atoms with Crippen molar-refractivity contribution in [2.45, 2.75) is 31.3 Å². The van der Waals surface area contributed by atoms with Gasteiger partial charge in [-0.15, -0.1) is 0 Å². The molecular weight excluding hydrogens is 340 g/mol. The van der Waals surface area contributed by atoms with Crippen LogP contribution in [-0.4, -0.2) is 59.5 Å². The molecule has 1 fully saturated rings. The summed E-state index contributed by atoms with van der Waals surface area (Å²) in [5.74, 6) is 0.147. The molecule has 1 aromatic heterocycles. The summed E-state index contributed by atoms with van der Waals surface area (Å²) in [7, 11) is 3.68. The molecule has 6 nitrogen and oxygen atoms in total. The van der Waals surface area contributed by atoms with Crippen LogP contribution < -0.4 is 5.32 Å². The number of aryl methyl sites for hydroxylation is 1. The number of ether oxygens (including phenoxy) is 1. The van der Waals surface area contributed by atoms with Crippen LogP contribution in [0.25, 0.3) is 11.3 Å². The zero-order valence-corrected chi connectivity index (χ0v) is 16.2. The summed E-state index contributed by atoms with van der Waals surface area (Å²) in [4.78, 5) is 15.3. The van der Waals surface area contributed by atoms with E-state index in [1.54, 1.807) is 7.11 Å². The zero-order valence-electron chi connectivity index (χ0n) is 16.2. The van der Waals surface area contributed by atoms with Crippen LogP contribution in [0.15, 0.2) is 30.3 Å². The van der Waals surface area contributed by atoms with Crippen molar-refractivity contribution < 1.29 is 9.53 Å². The van der Waals surface area contributed by atoms with Crippen LogP contribution in [0.4, 0.5) is 0 Å². The molecule has 144 valence electrons. The number of fused-ring (bicyclic) bond motifs is 1. The third-order valence-corrected chi connectivity index (χ3v) is 6.05. The van der Waals surface area contributed by atoms with Crippen molar-refractivity contribution in [3.63, 3.8) is 0 Å². The minimum Gasteiger partial charge on any atom is -0.368 e. The Morgan fingerprint density at radius 2 is 1.85 bits per heavy atom. The van der Waals surface area contributed by atoms with E-state index < -0.39 is 5.60 Å². The molecule has 0 saturated carbocycles. The second kappa shape index (κ2) is 7.44. The maximum Gasteiger partial charge on any atom is 0.254 e. The highest BCUT2D eigenvalue weighted by atomic mass is 16.5. The molecule has 2 aliphatic rings. The lowest BCUT2D eigenvalue weighted by Crippen LogP contribution is -2.55. The zero-order chi connectivity index (χ0) is 18.9. The summed E-state index contributed by atoms with van der Waals surface area (Å²) in [6.45, 7) is 3.10. The van der Waals surface area contributed by atoms with E-state index in [0.29, 0.717) is 0 Å². The number of carbonyl (C=O) groups excluding carboxylic acids is 1. The Bertz CT molecular complexity index is 809. The van der Waals surface area contributed by atoms with Gasteiger partial charge in [-0.05, 0) is 32.4 Å². The number of carbonyl (C=O) groups is 1. The molecule has 0 bridgehead atoms. The summed E-state index contributed by atoms with van der Waals surface area (Å²) >= 11 is 0. The van der Waals surface area contributed by atoms with Gasteiger partial charge < -0.3 is 15.0 Å². The van der Waals surface area contributed by atoms with Gasteiger partial charge in [0.1, 0.15) is 5.60 Å². The van der Waals surface area contributed by atoms with Crippen LogP contribution in [0.3, 0.4) is 0 Å². The molecule has 0 atom stereocenters. The number of piperidine rings is 1. The molecule has 4 rings (SSSR count). The Morgan fingerprint density at radius 3 is 2.56 bits per heavy atom. The highest BCUT2D eigenvalue weighted by Gasteiger charge is 2.42. The lowest BCUT2D eigenvalue weighted by molar-refractivity contribution is -0.158. The Hall–Kier alpha value is -2.18. The van der Waals surface area contributed by atoms with E-state index in [0.717, 1.165) is 63.1 Å². The molecule has 6 heteroatoms. The van der Waals surface area contributed by atoms with Crippen LogP contribution >= 0.6 is 0 Å². The first-order chi connectivity index (χ1) is 13.1. The molecular formula is C21H28N4O2. The van der Waals surface area contributed by atoms with Gasteiger partial charge in [0.05, 0.1) is 5.69 Å². The molecule has 3 heterocycles. The fourth-order valence-corrected chi connectivity index (χ4v) is 4.43. The van der Waals surface area contributed by atoms with Crippen molar-refractivity contribution in [2.75, 3.05) is 33.3 Å². The van der Waals surface area contributed by atoms with E-state index in [1.165, 1.54) is 11.3 Å². The topological polar surface area (TPSA) is 59.4 Å². The number of nitrogens with one attached hydrogen (secondary N) is 1. The Morgan fingerprint density at radius 1 is 1.15 bits per heavy atom. The van der Waals surface area contributed by atoms with E-state index in [1.807, 2.05) is 34.8 Å². The Kier molecular flexibility index (Phi) is 5.02. The molecule has 1 aromatic carbocycles. The van der Waals surface area contributed by atoms with Gasteiger partial charge in [0, 0.05) is 50.5 Å². The van der Waals surface area contributed by atoms with Crippen LogP contribution in [0.1, 0.15) is 24.1 Å². The fourth-order valence-electron chi connectivity index (χ4n) is 4.43. The minimum atomic E-state index is -0.664. The second-order valence-corrected chi connectivity index (χ2v) is 7.50. The van der Waals surface area contributed by atoms with Crippen LogP contribution in [0.2, 0.25) is 0 Å². The van der Waals surface area contributed by atoms with Crippen molar-refractivity contribution in [1.29, 1.82) is 0 Å². The van der Waals surface area contributed by atoms with Gasteiger partial charge in [-0.2, -0.15) is 5.10 Å². The first kappa shape index (κ1) is 18.2. The largest absolute Gasteiger partial charge is 0.368 e. The monoisotopic (exact) mass is 368 g/mol. The summed E-state index contributed by atoms with van der Waals surface area (Å²) in [5, 5.41) is 8.10. The lowest BCUT2D eigenvalue weighted by atomic mass is 9.90. The van der Waals surface area contributed by atoms with Gasteiger partial charge in [-0.25, -0.2) is 0 Å². The molecule has 1 amide bonds. The van der Waals surface area contributed by atoms with Crippen LogP contribution in [-0.2, 0) is 29.4 Å². The summed E-state index contributed by atoms with van der Waals surface area (Å²) in [6, 6.07) is 10.3. The van der Waals surface area contributed by atoms with Gasteiger partial charge in [0.15, 0.2) is 0 Å². The molecule has 0 spiro atoms. The van der Waals surface area contributed by atoms with Crippen molar-refractivity contribution in [2.24, 2.45) is 7.05 Å². The molecule has 0 unspecified atom stereocenters. The number of hydrogen-bond acceptors (Lipinski definition) is 4. The smallest absolute Gasteiger partial charge is 0.254 e. The summed E-state index contributed by atoms with van der Waals surface area (Å²) in [6.07, 6.45) is 3.14. The van der Waals surface area contributed by atoms with E-state index in [2.05, 4.69) is 17.4 Å². The second-order valence-electron chi connectivity index (χ2n) is 7.50. The Balaban J connectivity index is 1.58. The molecule has 2 aromatic rings. The Labute approximate surface area is 160 Å². The van der Waals surface area contributed by atoms with Crippen molar-refractivity contribution in [3.05, 3.63) is 41.6 Å². The number of amides is 1. The van der Waals surface area contributed by atoms with E-state index in [4.69, 9.17) is 9.84 Å². The fraction of sp³-hybridized carbons (Fsp3) is 0.524. The highest BCUT2D eigenvalue weighted by molar-refractivity contribution is 5.85. The number of benzene rings is 1. The maximum atomic E-state index is 13.3. The maximum absolute atomic E-state index is 13.3. The van der Waals surface area contributed by atoms with Gasteiger partial charge >= 0.3 is 0 Å². The number of hydrogen-bond donors (Lipinski definition) is 1. The summed E-state index contributed by atoms with van der Waals surface area (Å²) in [5.41, 5.74) is 4.03. The van der Waals surface area contributed by atoms with Crippen molar-refractivity contribution in [3.8, 4) is 11.3 Å². The summed E-state index contributed by atoms with van der Waals surface area (Å²) < 4.78 is 7.75. The van der Waals surface area contributed by atoms with Gasteiger partial charge in [0.2, 0.25) is 0 Å². The quantitative estimate of drug-likeness (QED) is 0.897. The van der Waals surface area contributed by atoms with E-state index >= 15 is 0 Å². The van der Waals surface area contributed by atoms with Crippen molar-refractivity contribution in [1.82, 2.24) is 20.0 Å². The SMILES string of the molecule is COC1(C(=O)N2CCc3c(-c4ccccc4)nn(C)c3CC2)CCNCC1. The van der Waals surface area contributed by atoms with E-state index in [-0.39, 0.29) is 5.91 Å². The van der Waals surface area contributed by atoms with Crippen LogP contribution in [0, 0.1) is 0 Å². The third-order valence-electron chi connectivity index (χ3n) is 6.05. The van der Waals surface area contributed by atoms with Gasteiger partial charge in [-0.3, -0.25) is 9.48 Å². The lowest BCUT2D eigenvalue weighted by Gasteiger charge is -2.38. The first-order valence-corrected chi connectivity index (χ1v) is 9.80. The molecule has 1 saturated heterocycles. The highest BCUT2D eigenvalue weighted by Crippen LogP contribution is 2.30. The molecule has 1 N–H and O–H groups in total. The number of nitrogens with zero attached hydrogens (tertiary/aromatic N) is 3. The average Bonchev–Trinajstić information content (AvgIpc) is 2.90. The van der Waals surface area contributed by atoms with Crippen LogP contribution in [0.5, 0.6) is 0 Å².